The maximum absolute atomic E-state index is 5.81. The predicted octanol–water partition coefficient (Wildman–Crippen LogP) is 3.76. The fourth-order valence-electron chi connectivity index (χ4n) is 2.31. The van der Waals surface area contributed by atoms with Crippen LogP contribution < -0.4 is 0 Å². The summed E-state index contributed by atoms with van der Waals surface area (Å²) < 4.78 is 5.81. The molecule has 14 heavy (non-hydrogen) atoms. The highest BCUT2D eigenvalue weighted by Gasteiger charge is 2.36. The van der Waals surface area contributed by atoms with Crippen molar-refractivity contribution in [2.24, 2.45) is 11.3 Å². The fraction of sp³-hybridized carbons (Fsp3) is 1.00. The second-order valence-electron chi connectivity index (χ2n) is 5.13. The van der Waals surface area contributed by atoms with Crippen LogP contribution in [-0.2, 0) is 4.74 Å². The molecule has 2 aliphatic carbocycles. The van der Waals surface area contributed by atoms with E-state index in [0.29, 0.717) is 5.41 Å². The van der Waals surface area contributed by atoms with Gasteiger partial charge in [-0.15, -0.1) is 0 Å². The number of alkyl halides is 1. The molecule has 0 aliphatic heterocycles. The molecular formula is C12H21BrO. The lowest BCUT2D eigenvalue weighted by molar-refractivity contribution is 0.00300. The van der Waals surface area contributed by atoms with Gasteiger partial charge in [0.1, 0.15) is 0 Å². The molecule has 0 radical (unpaired) electrons. The van der Waals surface area contributed by atoms with Crippen molar-refractivity contribution in [2.45, 2.75) is 44.9 Å². The lowest BCUT2D eigenvalue weighted by atomic mass is 9.71. The summed E-state index contributed by atoms with van der Waals surface area (Å²) in [5.41, 5.74) is 0.514. The first-order valence-electron chi connectivity index (χ1n) is 5.98. The van der Waals surface area contributed by atoms with Gasteiger partial charge in [0.05, 0.1) is 6.61 Å². The van der Waals surface area contributed by atoms with Gasteiger partial charge < -0.3 is 4.74 Å². The Balaban J connectivity index is 1.53. The van der Waals surface area contributed by atoms with Crippen LogP contribution >= 0.6 is 15.9 Å². The van der Waals surface area contributed by atoms with Crippen LogP contribution in [0.2, 0.25) is 0 Å². The molecule has 82 valence electrons. The van der Waals surface area contributed by atoms with E-state index in [-0.39, 0.29) is 0 Å². The summed E-state index contributed by atoms with van der Waals surface area (Å²) in [6.07, 6.45) is 9.79. The minimum absolute atomic E-state index is 0.514. The zero-order chi connectivity index (χ0) is 9.86. The number of rotatable bonds is 6. The van der Waals surface area contributed by atoms with Crippen LogP contribution in [0.4, 0.5) is 0 Å². The summed E-state index contributed by atoms with van der Waals surface area (Å²) in [5.74, 6) is 0.997. The molecule has 2 heteroatoms. The Bertz CT molecular complexity index is 168. The van der Waals surface area contributed by atoms with Crippen molar-refractivity contribution in [3.05, 3.63) is 0 Å². The Morgan fingerprint density at radius 3 is 2.43 bits per heavy atom. The van der Waals surface area contributed by atoms with Crippen LogP contribution in [0.5, 0.6) is 0 Å². The third-order valence-electron chi connectivity index (χ3n) is 4.00. The summed E-state index contributed by atoms with van der Waals surface area (Å²) in [6, 6.07) is 0. The van der Waals surface area contributed by atoms with E-state index in [9.17, 15) is 0 Å². The van der Waals surface area contributed by atoms with Crippen LogP contribution in [0.15, 0.2) is 0 Å². The molecule has 0 N–H and O–H groups in total. The molecule has 0 aromatic rings. The molecule has 0 bridgehead atoms. The molecule has 0 saturated heterocycles. The second-order valence-corrected chi connectivity index (χ2v) is 5.69. The average Bonchev–Trinajstić information content (AvgIpc) is 2.05. The molecule has 0 amide bonds. The Kier molecular flexibility index (Phi) is 3.89. The Morgan fingerprint density at radius 2 is 2.00 bits per heavy atom. The van der Waals surface area contributed by atoms with Gasteiger partial charge in [-0.25, -0.2) is 0 Å². The SMILES string of the molecule is BrCC1(COCCC2CCC2)CCC1. The predicted molar refractivity (Wildman–Crippen MR) is 62.9 cm³/mol. The molecule has 0 heterocycles. The summed E-state index contributed by atoms with van der Waals surface area (Å²) >= 11 is 3.61. The largest absolute Gasteiger partial charge is 0.381 e. The number of hydrogen-bond donors (Lipinski definition) is 0. The van der Waals surface area contributed by atoms with E-state index < -0.39 is 0 Å². The Morgan fingerprint density at radius 1 is 1.21 bits per heavy atom. The number of ether oxygens (including phenoxy) is 1. The third-order valence-corrected chi connectivity index (χ3v) is 5.19. The molecule has 2 rings (SSSR count). The first-order chi connectivity index (χ1) is 6.85. The number of hydrogen-bond acceptors (Lipinski definition) is 1. The Labute approximate surface area is 95.7 Å². The molecular weight excluding hydrogens is 240 g/mol. The molecule has 0 aromatic heterocycles. The van der Waals surface area contributed by atoms with Gasteiger partial charge in [0.25, 0.3) is 0 Å². The topological polar surface area (TPSA) is 9.23 Å². The summed E-state index contributed by atoms with van der Waals surface area (Å²) in [6.45, 7) is 1.99. The summed E-state index contributed by atoms with van der Waals surface area (Å²) in [7, 11) is 0. The van der Waals surface area contributed by atoms with Crippen molar-refractivity contribution in [1.82, 2.24) is 0 Å². The normalized spacial score (nSPS) is 25.5. The van der Waals surface area contributed by atoms with Gasteiger partial charge in [0, 0.05) is 17.4 Å². The molecule has 2 fully saturated rings. The van der Waals surface area contributed by atoms with Crippen molar-refractivity contribution in [2.75, 3.05) is 18.5 Å². The van der Waals surface area contributed by atoms with Crippen molar-refractivity contribution in [3.8, 4) is 0 Å². The lowest BCUT2D eigenvalue weighted by Gasteiger charge is -2.40. The van der Waals surface area contributed by atoms with Gasteiger partial charge >= 0.3 is 0 Å². The van der Waals surface area contributed by atoms with Crippen molar-refractivity contribution in [3.63, 3.8) is 0 Å². The zero-order valence-electron chi connectivity index (χ0n) is 8.93. The summed E-state index contributed by atoms with van der Waals surface area (Å²) in [4.78, 5) is 0. The van der Waals surface area contributed by atoms with Gasteiger partial charge in [-0.05, 0) is 25.2 Å². The highest BCUT2D eigenvalue weighted by molar-refractivity contribution is 9.09. The van der Waals surface area contributed by atoms with Crippen LogP contribution in [0.25, 0.3) is 0 Å². The van der Waals surface area contributed by atoms with E-state index in [1.165, 1.54) is 44.9 Å². The smallest absolute Gasteiger partial charge is 0.0530 e. The first kappa shape index (κ1) is 10.9. The molecule has 2 aliphatic rings. The summed E-state index contributed by atoms with van der Waals surface area (Å²) in [5, 5.41) is 1.13. The van der Waals surface area contributed by atoms with Crippen molar-refractivity contribution >= 4 is 15.9 Å². The van der Waals surface area contributed by atoms with Crippen molar-refractivity contribution < 1.29 is 4.74 Å². The third kappa shape index (κ3) is 2.52. The molecule has 0 atom stereocenters. The highest BCUT2D eigenvalue weighted by Crippen LogP contribution is 2.42. The lowest BCUT2D eigenvalue weighted by Crippen LogP contribution is -2.36. The molecule has 0 aromatic carbocycles. The van der Waals surface area contributed by atoms with E-state index in [1.807, 2.05) is 0 Å². The standard InChI is InChI=1S/C12H21BrO/c13-9-12(6-2-7-12)10-14-8-5-11-3-1-4-11/h11H,1-10H2. The fourth-order valence-corrected chi connectivity index (χ4v) is 3.04. The van der Waals surface area contributed by atoms with Crippen LogP contribution in [-0.4, -0.2) is 18.5 Å². The van der Waals surface area contributed by atoms with Gasteiger partial charge in [-0.2, -0.15) is 0 Å². The second kappa shape index (κ2) is 4.98. The number of halogens is 1. The quantitative estimate of drug-likeness (QED) is 0.522. The molecule has 1 nitrogen and oxygen atoms in total. The van der Waals surface area contributed by atoms with E-state index in [4.69, 9.17) is 4.74 Å². The monoisotopic (exact) mass is 260 g/mol. The molecule has 2 saturated carbocycles. The van der Waals surface area contributed by atoms with Gasteiger partial charge in [-0.3, -0.25) is 0 Å². The maximum Gasteiger partial charge on any atom is 0.0530 e. The van der Waals surface area contributed by atoms with E-state index in [1.54, 1.807) is 0 Å². The van der Waals surface area contributed by atoms with Crippen molar-refractivity contribution in [1.29, 1.82) is 0 Å². The average molecular weight is 261 g/mol. The minimum Gasteiger partial charge on any atom is -0.381 e. The molecule has 0 spiro atoms. The van der Waals surface area contributed by atoms with Crippen LogP contribution in [0.3, 0.4) is 0 Å². The highest BCUT2D eigenvalue weighted by atomic mass is 79.9. The van der Waals surface area contributed by atoms with Crippen LogP contribution in [0, 0.1) is 11.3 Å². The van der Waals surface area contributed by atoms with Crippen LogP contribution in [0.1, 0.15) is 44.9 Å². The zero-order valence-corrected chi connectivity index (χ0v) is 10.5. The van der Waals surface area contributed by atoms with E-state index in [0.717, 1.165) is 24.5 Å². The van der Waals surface area contributed by atoms with Gasteiger partial charge in [-0.1, -0.05) is 41.6 Å². The van der Waals surface area contributed by atoms with Gasteiger partial charge in [0.15, 0.2) is 0 Å². The van der Waals surface area contributed by atoms with E-state index >= 15 is 0 Å². The molecule has 0 unspecified atom stereocenters. The Hall–Kier alpha value is 0.440. The maximum atomic E-state index is 5.81. The van der Waals surface area contributed by atoms with E-state index in [2.05, 4.69) is 15.9 Å². The minimum atomic E-state index is 0.514. The van der Waals surface area contributed by atoms with Gasteiger partial charge in [0.2, 0.25) is 0 Å². The first-order valence-corrected chi connectivity index (χ1v) is 7.11.